The Bertz CT molecular complexity index is 1190. The van der Waals surface area contributed by atoms with E-state index in [4.69, 9.17) is 4.74 Å². The Hall–Kier alpha value is -4.08. The molecule has 0 fully saturated rings. The van der Waals surface area contributed by atoms with Gasteiger partial charge in [0.2, 0.25) is 5.82 Å². The van der Waals surface area contributed by atoms with Gasteiger partial charge in [0, 0.05) is 37.7 Å². The van der Waals surface area contributed by atoms with Gasteiger partial charge >= 0.3 is 12.1 Å². The molecule has 174 valence electrons. The lowest BCUT2D eigenvalue weighted by atomic mass is 10.1. The number of anilines is 2. The molecule has 0 saturated heterocycles. The molecule has 1 aromatic carbocycles. The molecule has 0 aliphatic heterocycles. The number of benzene rings is 1. The quantitative estimate of drug-likeness (QED) is 0.568. The molecular weight excluding hydrogens is 426 g/mol. The van der Waals surface area contributed by atoms with Gasteiger partial charge in [-0.3, -0.25) is 10.1 Å². The minimum atomic E-state index is -0.594. The van der Waals surface area contributed by atoms with Gasteiger partial charge in [-0.1, -0.05) is 12.1 Å². The number of nitrogens with zero attached hydrogens (tertiary/aromatic N) is 3. The van der Waals surface area contributed by atoms with Gasteiger partial charge in [-0.25, -0.2) is 14.6 Å². The van der Waals surface area contributed by atoms with Gasteiger partial charge < -0.3 is 23.9 Å². The van der Waals surface area contributed by atoms with Gasteiger partial charge in [0.1, 0.15) is 11.3 Å². The minimum Gasteiger partial charge on any atom is -0.463 e. The maximum Gasteiger partial charge on any atom is 0.412 e. The summed E-state index contributed by atoms with van der Waals surface area (Å²) in [5, 5.41) is 5.38. The summed E-state index contributed by atoms with van der Waals surface area (Å²) in [6, 6.07) is 8.94. The molecule has 0 atom stereocenters. The van der Waals surface area contributed by atoms with Crippen LogP contribution in [0.2, 0.25) is 0 Å². The van der Waals surface area contributed by atoms with E-state index in [1.807, 2.05) is 18.3 Å². The molecule has 2 heterocycles. The molecule has 3 aromatic rings. The van der Waals surface area contributed by atoms with Crippen molar-refractivity contribution in [1.82, 2.24) is 14.1 Å². The molecule has 0 unspecified atom stereocenters. The van der Waals surface area contributed by atoms with Crippen LogP contribution < -0.4 is 10.6 Å². The first-order valence-electron chi connectivity index (χ1n) is 10.2. The minimum absolute atomic E-state index is 0.0838. The Morgan fingerprint density at radius 3 is 2.21 bits per heavy atom. The lowest BCUT2D eigenvalue weighted by Crippen LogP contribution is -2.27. The van der Waals surface area contributed by atoms with E-state index in [9.17, 15) is 14.4 Å². The number of imidazole rings is 1. The molecule has 33 heavy (non-hydrogen) atoms. The van der Waals surface area contributed by atoms with Crippen molar-refractivity contribution in [3.8, 4) is 11.1 Å². The van der Waals surface area contributed by atoms with Crippen LogP contribution in [0.15, 0.2) is 42.7 Å². The monoisotopic (exact) mass is 453 g/mol. The zero-order valence-corrected chi connectivity index (χ0v) is 19.4. The topological polar surface area (TPSA) is 116 Å². The number of nitrogens with one attached hydrogen (secondary N) is 2. The van der Waals surface area contributed by atoms with Gasteiger partial charge in [0.25, 0.3) is 5.91 Å². The predicted molar refractivity (Wildman–Crippen MR) is 123 cm³/mol. The second-order valence-corrected chi connectivity index (χ2v) is 8.44. The number of rotatable bonds is 5. The van der Waals surface area contributed by atoms with Crippen molar-refractivity contribution in [3.63, 3.8) is 0 Å². The average Bonchev–Trinajstić information content (AvgIpc) is 3.29. The van der Waals surface area contributed by atoms with E-state index in [0.717, 1.165) is 11.1 Å². The lowest BCUT2D eigenvalue weighted by Gasteiger charge is -2.19. The molecular formula is C23H27N5O5. The van der Waals surface area contributed by atoms with Gasteiger partial charge in [0.15, 0.2) is 5.82 Å². The van der Waals surface area contributed by atoms with Crippen LogP contribution in [0, 0.1) is 0 Å². The number of hydrogen-bond acceptors (Lipinski definition) is 6. The summed E-state index contributed by atoms with van der Waals surface area (Å²) in [7, 11) is 4.66. The van der Waals surface area contributed by atoms with Crippen molar-refractivity contribution in [2.75, 3.05) is 17.7 Å². The number of methoxy groups -OCH3 is 1. The van der Waals surface area contributed by atoms with Crippen molar-refractivity contribution < 1.29 is 23.9 Å². The third kappa shape index (κ3) is 5.79. The Morgan fingerprint density at radius 1 is 0.939 bits per heavy atom. The van der Waals surface area contributed by atoms with Crippen LogP contribution in [0.1, 0.15) is 41.9 Å². The predicted octanol–water partition coefficient (Wildman–Crippen LogP) is 3.81. The number of carbonyl (C=O) groups is 3. The van der Waals surface area contributed by atoms with E-state index >= 15 is 0 Å². The second-order valence-electron chi connectivity index (χ2n) is 8.44. The van der Waals surface area contributed by atoms with Crippen LogP contribution in [0.5, 0.6) is 0 Å². The summed E-state index contributed by atoms with van der Waals surface area (Å²) < 4.78 is 13.1. The van der Waals surface area contributed by atoms with Gasteiger partial charge in [0.05, 0.1) is 7.11 Å². The van der Waals surface area contributed by atoms with Gasteiger partial charge in [-0.15, -0.1) is 0 Å². The highest BCUT2D eigenvalue weighted by molar-refractivity contribution is 6.03. The highest BCUT2D eigenvalue weighted by Gasteiger charge is 2.19. The first-order chi connectivity index (χ1) is 15.5. The van der Waals surface area contributed by atoms with Crippen molar-refractivity contribution in [3.05, 3.63) is 54.2 Å². The Labute approximate surface area is 191 Å². The molecule has 10 heteroatoms. The fraction of sp³-hybridized carbons (Fsp3) is 0.304. The first kappa shape index (κ1) is 23.6. The van der Waals surface area contributed by atoms with Gasteiger partial charge in [-0.05, 0) is 44.5 Å². The maximum atomic E-state index is 12.8. The molecule has 2 N–H and O–H groups in total. The zero-order valence-electron chi connectivity index (χ0n) is 19.4. The smallest absolute Gasteiger partial charge is 0.412 e. The fourth-order valence-corrected chi connectivity index (χ4v) is 3.10. The number of ether oxygens (including phenoxy) is 2. The van der Waals surface area contributed by atoms with Crippen LogP contribution in [0.3, 0.4) is 0 Å². The van der Waals surface area contributed by atoms with Crippen molar-refractivity contribution >= 4 is 29.5 Å². The third-order valence-corrected chi connectivity index (χ3v) is 4.59. The van der Waals surface area contributed by atoms with E-state index in [0.29, 0.717) is 11.4 Å². The zero-order chi connectivity index (χ0) is 24.3. The summed E-state index contributed by atoms with van der Waals surface area (Å²) in [6.45, 7) is 5.39. The second kappa shape index (κ2) is 9.19. The number of hydrogen-bond donors (Lipinski definition) is 2. The summed E-state index contributed by atoms with van der Waals surface area (Å²) in [5.74, 6) is -0.645. The standard InChI is InChI=1S/C23H27N5O5/c1-23(2,3)33-22(31)24-16-9-7-14(8-10-16)15-11-17(27(4)12-15)20(29)26-18-13-28(5)19(25-18)21(30)32-6/h7-13H,1-6H3,(H,24,31)(H,26,29). The molecule has 10 nitrogen and oxygen atoms in total. The molecule has 2 amide bonds. The van der Waals surface area contributed by atoms with E-state index < -0.39 is 17.7 Å². The van der Waals surface area contributed by atoms with Crippen LogP contribution in [-0.4, -0.2) is 44.8 Å². The highest BCUT2D eigenvalue weighted by atomic mass is 16.6. The fourth-order valence-electron chi connectivity index (χ4n) is 3.10. The molecule has 2 aromatic heterocycles. The summed E-state index contributed by atoms with van der Waals surface area (Å²) in [4.78, 5) is 40.5. The highest BCUT2D eigenvalue weighted by Crippen LogP contribution is 2.24. The summed E-state index contributed by atoms with van der Waals surface area (Å²) in [5.41, 5.74) is 2.11. The van der Waals surface area contributed by atoms with Crippen molar-refractivity contribution in [2.45, 2.75) is 26.4 Å². The summed E-state index contributed by atoms with van der Waals surface area (Å²) >= 11 is 0. The molecule has 0 bridgehead atoms. The van der Waals surface area contributed by atoms with Crippen LogP contribution in [0.4, 0.5) is 16.3 Å². The SMILES string of the molecule is COC(=O)c1nc(NC(=O)c2cc(-c3ccc(NC(=O)OC(C)(C)C)cc3)cn2C)cn1C. The number of esters is 1. The number of aryl methyl sites for hydroxylation is 2. The molecule has 0 saturated carbocycles. The molecule has 0 aliphatic carbocycles. The number of carbonyl (C=O) groups excluding carboxylic acids is 3. The number of amides is 2. The summed E-state index contributed by atoms with van der Waals surface area (Å²) in [6.07, 6.45) is 2.83. The molecule has 0 aliphatic rings. The van der Waals surface area contributed by atoms with Crippen molar-refractivity contribution in [2.24, 2.45) is 14.1 Å². The Balaban J connectivity index is 1.71. The Kier molecular flexibility index (Phi) is 6.57. The largest absolute Gasteiger partial charge is 0.463 e. The molecule has 0 radical (unpaired) electrons. The van der Waals surface area contributed by atoms with Crippen LogP contribution in [0.25, 0.3) is 11.1 Å². The van der Waals surface area contributed by atoms with E-state index in [1.54, 1.807) is 57.6 Å². The van der Waals surface area contributed by atoms with Crippen LogP contribution >= 0.6 is 0 Å². The van der Waals surface area contributed by atoms with Crippen molar-refractivity contribution in [1.29, 1.82) is 0 Å². The molecule has 0 spiro atoms. The third-order valence-electron chi connectivity index (χ3n) is 4.59. The lowest BCUT2D eigenvalue weighted by molar-refractivity contribution is 0.0581. The number of aromatic nitrogens is 3. The van der Waals surface area contributed by atoms with E-state index in [1.165, 1.54) is 17.9 Å². The average molecular weight is 453 g/mol. The van der Waals surface area contributed by atoms with Crippen LogP contribution in [-0.2, 0) is 23.6 Å². The maximum absolute atomic E-state index is 12.8. The van der Waals surface area contributed by atoms with Gasteiger partial charge in [-0.2, -0.15) is 0 Å². The Morgan fingerprint density at radius 2 is 1.61 bits per heavy atom. The van der Waals surface area contributed by atoms with E-state index in [-0.39, 0.29) is 17.5 Å². The van der Waals surface area contributed by atoms with E-state index in [2.05, 4.69) is 20.4 Å². The normalized spacial score (nSPS) is 11.1. The first-order valence-corrected chi connectivity index (χ1v) is 10.2. The molecule has 3 rings (SSSR count).